The van der Waals surface area contributed by atoms with Gasteiger partial charge in [-0.1, -0.05) is 26.0 Å². The first-order chi connectivity index (χ1) is 11.5. The van der Waals surface area contributed by atoms with Gasteiger partial charge in [0.05, 0.1) is 13.2 Å². The van der Waals surface area contributed by atoms with Gasteiger partial charge in [0.2, 0.25) is 0 Å². The van der Waals surface area contributed by atoms with Crippen LogP contribution in [0.4, 0.5) is 9.18 Å². The molecule has 5 nitrogen and oxygen atoms in total. The molecule has 1 heterocycles. The highest BCUT2D eigenvalue weighted by Gasteiger charge is 2.22. The first kappa shape index (κ1) is 18.7. The van der Waals surface area contributed by atoms with Crippen LogP contribution in [0, 0.1) is 11.7 Å². The molecule has 2 rings (SSSR count). The van der Waals surface area contributed by atoms with Crippen LogP contribution in [-0.4, -0.2) is 49.8 Å². The third kappa shape index (κ3) is 6.45. The largest absolute Gasteiger partial charge is 0.379 e. The van der Waals surface area contributed by atoms with Crippen molar-refractivity contribution in [1.82, 2.24) is 15.5 Å². The average molecular weight is 337 g/mol. The van der Waals surface area contributed by atoms with Gasteiger partial charge in [-0.15, -0.1) is 0 Å². The van der Waals surface area contributed by atoms with Crippen LogP contribution in [0.2, 0.25) is 0 Å². The third-order valence-electron chi connectivity index (χ3n) is 4.17. The smallest absolute Gasteiger partial charge is 0.315 e. The van der Waals surface area contributed by atoms with Gasteiger partial charge >= 0.3 is 6.03 Å². The monoisotopic (exact) mass is 337 g/mol. The number of nitrogens with one attached hydrogen (secondary N) is 2. The number of carbonyl (C=O) groups excluding carboxylic acids is 1. The van der Waals surface area contributed by atoms with Crippen molar-refractivity contribution in [3.63, 3.8) is 0 Å². The van der Waals surface area contributed by atoms with E-state index in [0.717, 1.165) is 38.3 Å². The fourth-order valence-corrected chi connectivity index (χ4v) is 2.91. The maximum Gasteiger partial charge on any atom is 0.315 e. The molecule has 1 aromatic carbocycles. The number of halogens is 1. The first-order valence-electron chi connectivity index (χ1n) is 8.62. The summed E-state index contributed by atoms with van der Waals surface area (Å²) in [6.07, 6.45) is 1.04. The Balaban J connectivity index is 1.77. The van der Waals surface area contributed by atoms with Gasteiger partial charge < -0.3 is 15.4 Å². The molecule has 0 bridgehead atoms. The van der Waals surface area contributed by atoms with E-state index in [1.165, 1.54) is 12.1 Å². The number of nitrogens with zero attached hydrogens (tertiary/aromatic N) is 1. The molecule has 1 saturated heterocycles. The highest BCUT2D eigenvalue weighted by atomic mass is 19.1. The number of rotatable bonds is 7. The summed E-state index contributed by atoms with van der Waals surface area (Å²) in [4.78, 5) is 14.4. The summed E-state index contributed by atoms with van der Waals surface area (Å²) >= 11 is 0. The van der Waals surface area contributed by atoms with Crippen LogP contribution < -0.4 is 10.6 Å². The summed E-state index contributed by atoms with van der Waals surface area (Å²) in [6, 6.07) is 6.26. The summed E-state index contributed by atoms with van der Waals surface area (Å²) in [7, 11) is 0. The lowest BCUT2D eigenvalue weighted by Crippen LogP contribution is -2.50. The predicted molar refractivity (Wildman–Crippen MR) is 92.3 cm³/mol. The summed E-state index contributed by atoms with van der Waals surface area (Å²) in [6.45, 7) is 8.74. The maximum atomic E-state index is 12.9. The SMILES string of the molecule is CC(C)CC(CNC(=O)NCc1ccc(F)cc1)N1CCOCC1. The van der Waals surface area contributed by atoms with Crippen LogP contribution in [0.1, 0.15) is 25.8 Å². The minimum absolute atomic E-state index is 0.193. The molecule has 0 aromatic heterocycles. The van der Waals surface area contributed by atoms with Crippen LogP contribution >= 0.6 is 0 Å². The molecule has 1 unspecified atom stereocenters. The van der Waals surface area contributed by atoms with E-state index in [2.05, 4.69) is 29.4 Å². The lowest BCUT2D eigenvalue weighted by molar-refractivity contribution is 0.0129. The second kappa shape index (κ2) is 9.59. The highest BCUT2D eigenvalue weighted by molar-refractivity contribution is 5.73. The Bertz CT molecular complexity index is 501. The van der Waals surface area contributed by atoms with Gasteiger partial charge in [-0.2, -0.15) is 0 Å². The van der Waals surface area contributed by atoms with Gasteiger partial charge in [0.25, 0.3) is 0 Å². The van der Waals surface area contributed by atoms with Gasteiger partial charge in [0.1, 0.15) is 5.82 Å². The van der Waals surface area contributed by atoms with E-state index in [-0.39, 0.29) is 11.8 Å². The second-order valence-corrected chi connectivity index (χ2v) is 6.62. The molecule has 1 aliphatic heterocycles. The van der Waals surface area contributed by atoms with Gasteiger partial charge in [0.15, 0.2) is 0 Å². The molecular formula is C18H28FN3O2. The number of hydrogen-bond acceptors (Lipinski definition) is 3. The van der Waals surface area contributed by atoms with Crippen LogP contribution in [-0.2, 0) is 11.3 Å². The second-order valence-electron chi connectivity index (χ2n) is 6.62. The van der Waals surface area contributed by atoms with Gasteiger partial charge in [-0.05, 0) is 30.0 Å². The third-order valence-corrected chi connectivity index (χ3v) is 4.17. The zero-order valence-electron chi connectivity index (χ0n) is 14.6. The normalized spacial score (nSPS) is 16.8. The lowest BCUT2D eigenvalue weighted by atomic mass is 10.0. The van der Waals surface area contributed by atoms with E-state index < -0.39 is 0 Å². The van der Waals surface area contributed by atoms with Crippen molar-refractivity contribution in [1.29, 1.82) is 0 Å². The van der Waals surface area contributed by atoms with Crippen LogP contribution in [0.15, 0.2) is 24.3 Å². The van der Waals surface area contributed by atoms with Crippen molar-refractivity contribution in [2.24, 2.45) is 5.92 Å². The molecule has 6 heteroatoms. The van der Waals surface area contributed by atoms with Crippen molar-refractivity contribution in [2.75, 3.05) is 32.8 Å². The highest BCUT2D eigenvalue weighted by Crippen LogP contribution is 2.13. The van der Waals surface area contributed by atoms with Crippen molar-refractivity contribution < 1.29 is 13.9 Å². The maximum absolute atomic E-state index is 12.9. The zero-order chi connectivity index (χ0) is 17.4. The molecule has 1 aromatic rings. The number of hydrogen-bond donors (Lipinski definition) is 2. The Morgan fingerprint density at radius 2 is 1.88 bits per heavy atom. The molecule has 0 aliphatic carbocycles. The van der Waals surface area contributed by atoms with Crippen LogP contribution in [0.25, 0.3) is 0 Å². The van der Waals surface area contributed by atoms with Crippen LogP contribution in [0.3, 0.4) is 0 Å². The van der Waals surface area contributed by atoms with E-state index in [9.17, 15) is 9.18 Å². The number of benzene rings is 1. The fourth-order valence-electron chi connectivity index (χ4n) is 2.91. The number of urea groups is 1. The number of carbonyl (C=O) groups is 1. The quantitative estimate of drug-likeness (QED) is 0.803. The van der Waals surface area contributed by atoms with Crippen LogP contribution in [0.5, 0.6) is 0 Å². The zero-order valence-corrected chi connectivity index (χ0v) is 14.6. The molecule has 1 fully saturated rings. The summed E-state index contributed by atoms with van der Waals surface area (Å²) in [5.41, 5.74) is 0.874. The molecular weight excluding hydrogens is 309 g/mol. The molecule has 1 aliphatic rings. The van der Waals surface area contributed by atoms with Crippen molar-refractivity contribution in [3.05, 3.63) is 35.6 Å². The molecule has 2 amide bonds. The molecule has 0 spiro atoms. The van der Waals surface area contributed by atoms with Crippen molar-refractivity contribution >= 4 is 6.03 Å². The minimum atomic E-state index is -0.273. The van der Waals surface area contributed by atoms with Gasteiger partial charge in [-0.25, -0.2) is 9.18 Å². The lowest BCUT2D eigenvalue weighted by Gasteiger charge is -2.35. The van der Waals surface area contributed by atoms with E-state index in [1.54, 1.807) is 12.1 Å². The molecule has 24 heavy (non-hydrogen) atoms. The molecule has 2 N–H and O–H groups in total. The summed E-state index contributed by atoms with van der Waals surface area (Å²) in [5, 5.41) is 5.77. The summed E-state index contributed by atoms with van der Waals surface area (Å²) in [5.74, 6) is 0.298. The first-order valence-corrected chi connectivity index (χ1v) is 8.62. The molecule has 134 valence electrons. The topological polar surface area (TPSA) is 53.6 Å². The molecule has 0 radical (unpaired) electrons. The fraction of sp³-hybridized carbons (Fsp3) is 0.611. The van der Waals surface area contributed by atoms with E-state index in [4.69, 9.17) is 4.74 Å². The summed E-state index contributed by atoms with van der Waals surface area (Å²) < 4.78 is 18.3. The number of amides is 2. The number of morpholine rings is 1. The minimum Gasteiger partial charge on any atom is -0.379 e. The predicted octanol–water partition coefficient (Wildman–Crippen LogP) is 2.37. The van der Waals surface area contributed by atoms with Gasteiger partial charge in [0, 0.05) is 32.2 Å². The van der Waals surface area contributed by atoms with Gasteiger partial charge in [-0.3, -0.25) is 4.90 Å². The standard InChI is InChI=1S/C18H28FN3O2/c1-14(2)11-17(22-7-9-24-10-8-22)13-21-18(23)20-12-15-3-5-16(19)6-4-15/h3-6,14,17H,7-13H2,1-2H3,(H2,20,21,23). The van der Waals surface area contributed by atoms with Crippen molar-refractivity contribution in [2.45, 2.75) is 32.9 Å². The number of ether oxygens (including phenoxy) is 1. The Hall–Kier alpha value is -1.66. The van der Waals surface area contributed by atoms with E-state index in [1.807, 2.05) is 0 Å². The van der Waals surface area contributed by atoms with E-state index in [0.29, 0.717) is 25.0 Å². The average Bonchev–Trinajstić information content (AvgIpc) is 2.58. The Morgan fingerprint density at radius 1 is 1.21 bits per heavy atom. The molecule has 0 saturated carbocycles. The van der Waals surface area contributed by atoms with Crippen molar-refractivity contribution in [3.8, 4) is 0 Å². The Labute approximate surface area is 143 Å². The molecule has 1 atom stereocenters. The van der Waals surface area contributed by atoms with E-state index >= 15 is 0 Å². The Kier molecular flexibility index (Phi) is 7.46. The Morgan fingerprint density at radius 3 is 2.50 bits per heavy atom.